The lowest BCUT2D eigenvalue weighted by molar-refractivity contribution is 0.0981. The molecule has 7 heteroatoms. The summed E-state index contributed by atoms with van der Waals surface area (Å²) in [6.45, 7) is 0. The average Bonchev–Trinajstić information content (AvgIpc) is 3.17. The van der Waals surface area contributed by atoms with E-state index in [-0.39, 0.29) is 18.2 Å². The van der Waals surface area contributed by atoms with Crippen LogP contribution in [0.15, 0.2) is 34.2 Å². The topological polar surface area (TPSA) is 82.0 Å². The smallest absolute Gasteiger partial charge is 0.227 e. The molecule has 3 aromatic rings. The summed E-state index contributed by atoms with van der Waals surface area (Å²) in [5.41, 5.74) is 6.54. The van der Waals surface area contributed by atoms with Crippen LogP contribution in [0, 0.1) is 0 Å². The van der Waals surface area contributed by atoms with Crippen molar-refractivity contribution in [1.29, 1.82) is 0 Å². The molecule has 2 heterocycles. The number of Topliss-reactive ketones (excluding diaryl/α,β-unsaturated/α-hetero) is 1. The number of fused-ring (bicyclic) bond motifs is 1. The zero-order chi connectivity index (χ0) is 15.9. The number of benzene rings is 1. The van der Waals surface area contributed by atoms with Gasteiger partial charge in [-0.15, -0.1) is 23.7 Å². The summed E-state index contributed by atoms with van der Waals surface area (Å²) in [5, 5.41) is 6.92. The molecular formula is C17H18ClN3O2S. The first kappa shape index (κ1) is 17.1. The molecule has 126 valence electrons. The highest BCUT2D eigenvalue weighted by atomic mass is 35.5. The molecule has 0 saturated heterocycles. The fourth-order valence-electron chi connectivity index (χ4n) is 2.89. The number of carbonyl (C=O) groups excluding carboxylic acids is 1. The quantitative estimate of drug-likeness (QED) is 0.696. The monoisotopic (exact) mass is 363 g/mol. The highest BCUT2D eigenvalue weighted by Gasteiger charge is 2.38. The summed E-state index contributed by atoms with van der Waals surface area (Å²) in [5.74, 6) is 1.17. The minimum atomic E-state index is -0.421. The molecule has 2 N–H and O–H groups in total. The molecule has 0 bridgehead atoms. The number of nitrogens with two attached hydrogens (primary N) is 1. The van der Waals surface area contributed by atoms with Gasteiger partial charge in [-0.25, -0.2) is 0 Å². The molecule has 2 aromatic heterocycles. The Hall–Kier alpha value is -1.76. The lowest BCUT2D eigenvalue weighted by atomic mass is 9.77. The predicted octanol–water partition coefficient (Wildman–Crippen LogP) is 3.86. The van der Waals surface area contributed by atoms with E-state index in [0.717, 1.165) is 34.9 Å². The van der Waals surface area contributed by atoms with Crippen LogP contribution in [0.2, 0.25) is 0 Å². The van der Waals surface area contributed by atoms with E-state index in [0.29, 0.717) is 24.6 Å². The maximum Gasteiger partial charge on any atom is 0.227 e. The number of hydrogen-bond donors (Lipinski definition) is 1. The van der Waals surface area contributed by atoms with Gasteiger partial charge in [0.05, 0.1) is 5.54 Å². The number of halogens is 1. The van der Waals surface area contributed by atoms with Gasteiger partial charge in [0.15, 0.2) is 11.6 Å². The molecule has 1 aromatic carbocycles. The molecular weight excluding hydrogens is 346 g/mol. The second kappa shape index (κ2) is 6.63. The number of thiophene rings is 1. The van der Waals surface area contributed by atoms with Crippen molar-refractivity contribution in [2.75, 3.05) is 0 Å². The van der Waals surface area contributed by atoms with Gasteiger partial charge in [-0.05, 0) is 25.3 Å². The minimum Gasteiger partial charge on any atom is -0.339 e. The number of nitrogens with zero attached hydrogens (tertiary/aromatic N) is 2. The van der Waals surface area contributed by atoms with E-state index < -0.39 is 5.54 Å². The van der Waals surface area contributed by atoms with Crippen LogP contribution in [0.3, 0.4) is 0 Å². The van der Waals surface area contributed by atoms with Crippen LogP contribution >= 0.6 is 23.7 Å². The Morgan fingerprint density at radius 1 is 1.33 bits per heavy atom. The molecule has 0 radical (unpaired) electrons. The number of aromatic nitrogens is 2. The number of aryl methyl sites for hydroxylation is 1. The van der Waals surface area contributed by atoms with Crippen LogP contribution in [0.1, 0.15) is 47.8 Å². The van der Waals surface area contributed by atoms with Gasteiger partial charge in [0.1, 0.15) is 0 Å². The van der Waals surface area contributed by atoms with Crippen molar-refractivity contribution in [3.8, 4) is 0 Å². The van der Waals surface area contributed by atoms with E-state index in [1.165, 1.54) is 0 Å². The molecule has 0 atom stereocenters. The molecule has 0 unspecified atom stereocenters. The van der Waals surface area contributed by atoms with E-state index in [4.69, 9.17) is 10.3 Å². The van der Waals surface area contributed by atoms with Crippen molar-refractivity contribution in [3.05, 3.63) is 46.9 Å². The van der Waals surface area contributed by atoms with E-state index in [1.807, 2.05) is 29.6 Å². The third kappa shape index (κ3) is 2.97. The number of carbonyl (C=O) groups is 1. The number of ketones is 1. The largest absolute Gasteiger partial charge is 0.339 e. The maximum atomic E-state index is 12.5. The summed E-state index contributed by atoms with van der Waals surface area (Å²) in [6, 6.07) is 7.95. The predicted molar refractivity (Wildman–Crippen MR) is 95.7 cm³/mol. The van der Waals surface area contributed by atoms with Crippen LogP contribution < -0.4 is 5.73 Å². The first-order chi connectivity index (χ1) is 11.2. The summed E-state index contributed by atoms with van der Waals surface area (Å²) in [4.78, 5) is 16.8. The molecule has 24 heavy (non-hydrogen) atoms. The van der Waals surface area contributed by atoms with Gasteiger partial charge in [-0.3, -0.25) is 4.79 Å². The van der Waals surface area contributed by atoms with Gasteiger partial charge >= 0.3 is 0 Å². The Bertz CT molecular complexity index is 869. The third-order valence-corrected chi connectivity index (χ3v) is 5.47. The minimum absolute atomic E-state index is 0. The molecule has 0 spiro atoms. The Morgan fingerprint density at radius 2 is 2.12 bits per heavy atom. The van der Waals surface area contributed by atoms with Crippen LogP contribution in [0.4, 0.5) is 0 Å². The average molecular weight is 364 g/mol. The summed E-state index contributed by atoms with van der Waals surface area (Å²) in [7, 11) is 0. The Morgan fingerprint density at radius 3 is 2.88 bits per heavy atom. The normalized spacial score (nSPS) is 15.7. The zero-order valence-corrected chi connectivity index (χ0v) is 14.7. The fraction of sp³-hybridized carbons (Fsp3) is 0.353. The van der Waals surface area contributed by atoms with Crippen LogP contribution in [0.5, 0.6) is 0 Å². The number of rotatable bonds is 5. The van der Waals surface area contributed by atoms with Gasteiger partial charge < -0.3 is 10.3 Å². The standard InChI is InChI=1S/C17H17N3O2S.ClH/c18-17(8-3-9-17)16-19-15(22-20-16)7-6-13(21)12-10-23-14-5-2-1-4-11(12)14;/h1-2,4-5,10H,3,6-9,18H2;1H. The van der Waals surface area contributed by atoms with Gasteiger partial charge in [-0.1, -0.05) is 23.4 Å². The molecule has 1 saturated carbocycles. The van der Waals surface area contributed by atoms with Gasteiger partial charge in [0.2, 0.25) is 5.89 Å². The van der Waals surface area contributed by atoms with Crippen molar-refractivity contribution < 1.29 is 9.32 Å². The summed E-state index contributed by atoms with van der Waals surface area (Å²) in [6.07, 6.45) is 3.70. The molecule has 4 rings (SSSR count). The Balaban J connectivity index is 0.00000169. The Kier molecular flexibility index (Phi) is 4.71. The third-order valence-electron chi connectivity index (χ3n) is 4.51. The van der Waals surface area contributed by atoms with Crippen molar-refractivity contribution >= 4 is 39.6 Å². The summed E-state index contributed by atoms with van der Waals surface area (Å²) >= 11 is 1.59. The molecule has 1 aliphatic carbocycles. The second-order valence-corrected chi connectivity index (χ2v) is 7.00. The molecule has 0 aliphatic heterocycles. The SMILES string of the molecule is Cl.NC1(c2noc(CCC(=O)c3csc4ccccc34)n2)CCC1. The lowest BCUT2D eigenvalue weighted by Crippen LogP contribution is -2.44. The first-order valence-corrected chi connectivity index (χ1v) is 8.65. The van der Waals surface area contributed by atoms with Gasteiger partial charge in [0.25, 0.3) is 0 Å². The number of hydrogen-bond acceptors (Lipinski definition) is 6. The zero-order valence-electron chi connectivity index (χ0n) is 13.0. The highest BCUT2D eigenvalue weighted by Crippen LogP contribution is 2.37. The lowest BCUT2D eigenvalue weighted by Gasteiger charge is -2.34. The van der Waals surface area contributed by atoms with Crippen molar-refractivity contribution in [2.24, 2.45) is 5.73 Å². The van der Waals surface area contributed by atoms with E-state index in [1.54, 1.807) is 11.3 Å². The second-order valence-electron chi connectivity index (χ2n) is 6.09. The summed E-state index contributed by atoms with van der Waals surface area (Å²) < 4.78 is 6.38. The molecule has 1 fully saturated rings. The van der Waals surface area contributed by atoms with Crippen LogP contribution in [-0.4, -0.2) is 15.9 Å². The van der Waals surface area contributed by atoms with Crippen molar-refractivity contribution in [2.45, 2.75) is 37.6 Å². The molecule has 0 amide bonds. The maximum absolute atomic E-state index is 12.5. The fourth-order valence-corrected chi connectivity index (χ4v) is 3.85. The van der Waals surface area contributed by atoms with E-state index in [2.05, 4.69) is 10.1 Å². The molecule has 1 aliphatic rings. The highest BCUT2D eigenvalue weighted by molar-refractivity contribution is 7.17. The van der Waals surface area contributed by atoms with Crippen molar-refractivity contribution in [3.63, 3.8) is 0 Å². The van der Waals surface area contributed by atoms with E-state index in [9.17, 15) is 4.79 Å². The van der Waals surface area contributed by atoms with Crippen molar-refractivity contribution in [1.82, 2.24) is 10.1 Å². The first-order valence-electron chi connectivity index (χ1n) is 7.77. The van der Waals surface area contributed by atoms with Crippen LogP contribution in [0.25, 0.3) is 10.1 Å². The van der Waals surface area contributed by atoms with E-state index >= 15 is 0 Å². The van der Waals surface area contributed by atoms with Gasteiger partial charge in [-0.2, -0.15) is 4.98 Å². The van der Waals surface area contributed by atoms with Crippen LogP contribution in [-0.2, 0) is 12.0 Å². The van der Waals surface area contributed by atoms with Gasteiger partial charge in [0, 0.05) is 33.9 Å². The molecule has 5 nitrogen and oxygen atoms in total. The Labute approximate surface area is 149 Å².